The molecule has 19 heavy (non-hydrogen) atoms. The Morgan fingerprint density at radius 1 is 1.26 bits per heavy atom. The molecule has 0 spiro atoms. The minimum absolute atomic E-state index is 0.104. The van der Waals surface area contributed by atoms with Gasteiger partial charge in [0.15, 0.2) is 6.73 Å². The minimum Gasteiger partial charge on any atom is -0.473 e. The van der Waals surface area contributed by atoms with Crippen molar-refractivity contribution in [3.8, 4) is 5.75 Å². The van der Waals surface area contributed by atoms with Crippen LogP contribution in [0.5, 0.6) is 5.75 Å². The van der Waals surface area contributed by atoms with E-state index in [2.05, 4.69) is 10.6 Å². The molecule has 1 rings (SSSR count). The van der Waals surface area contributed by atoms with Crippen LogP contribution in [0.15, 0.2) is 12.1 Å². The van der Waals surface area contributed by atoms with Gasteiger partial charge in [-0.25, -0.2) is 4.79 Å². The van der Waals surface area contributed by atoms with Gasteiger partial charge in [0.1, 0.15) is 5.75 Å². The molecule has 0 aromatic heterocycles. The number of carbonyl (C=O) groups excluding carboxylic acids is 1. The molecule has 1 aromatic carbocycles. The van der Waals surface area contributed by atoms with E-state index < -0.39 is 0 Å². The number of aryl methyl sites for hydroxylation is 2. The van der Waals surface area contributed by atoms with E-state index in [0.29, 0.717) is 18.2 Å². The second kappa shape index (κ2) is 8.12. The highest BCUT2D eigenvalue weighted by atomic mass is 35.5. The number of ether oxygens (including phenoxy) is 1. The Bertz CT molecular complexity index is 416. The summed E-state index contributed by atoms with van der Waals surface area (Å²) in [5, 5.41) is 6.00. The van der Waals surface area contributed by atoms with Gasteiger partial charge in [-0.1, -0.05) is 11.6 Å². The molecule has 4 nitrogen and oxygen atoms in total. The highest BCUT2D eigenvalue weighted by Crippen LogP contribution is 2.25. The summed E-state index contributed by atoms with van der Waals surface area (Å²) in [7, 11) is 0. The van der Waals surface area contributed by atoms with Gasteiger partial charge in [-0.2, -0.15) is 0 Å². The van der Waals surface area contributed by atoms with Crippen LogP contribution in [-0.2, 0) is 0 Å². The zero-order valence-corrected chi connectivity index (χ0v) is 12.6. The maximum Gasteiger partial charge on any atom is 0.317 e. The molecule has 0 unspecified atom stereocenters. The molecule has 0 aliphatic carbocycles. The average molecular weight is 305 g/mol. The summed E-state index contributed by atoms with van der Waals surface area (Å²) in [6, 6.07) is 3.40. The molecule has 0 heterocycles. The number of hydrogen-bond donors (Lipinski definition) is 2. The van der Waals surface area contributed by atoms with Crippen LogP contribution in [0.2, 0.25) is 5.02 Å². The summed E-state index contributed by atoms with van der Waals surface area (Å²) in [6.45, 7) is 4.48. The molecule has 106 valence electrons. The minimum atomic E-state index is -0.271. The normalized spacial score (nSPS) is 10.1. The van der Waals surface area contributed by atoms with E-state index in [1.165, 1.54) is 0 Å². The van der Waals surface area contributed by atoms with Gasteiger partial charge in [0, 0.05) is 17.4 Å². The van der Waals surface area contributed by atoms with E-state index in [0.717, 1.165) is 22.6 Å². The van der Waals surface area contributed by atoms with E-state index in [-0.39, 0.29) is 12.8 Å². The lowest BCUT2D eigenvalue weighted by molar-refractivity contribution is 0.224. The van der Waals surface area contributed by atoms with Crippen molar-refractivity contribution in [3.05, 3.63) is 28.3 Å². The third-order valence-corrected chi connectivity index (χ3v) is 3.34. The Kier molecular flexibility index (Phi) is 6.81. The highest BCUT2D eigenvalue weighted by molar-refractivity contribution is 6.32. The Hall–Kier alpha value is -1.13. The molecular formula is C13H18Cl2N2O2. The van der Waals surface area contributed by atoms with Crippen LogP contribution in [0.4, 0.5) is 4.79 Å². The molecule has 0 aliphatic rings. The number of benzene rings is 1. The number of halogens is 2. The Morgan fingerprint density at radius 3 is 2.47 bits per heavy atom. The first kappa shape index (κ1) is 15.9. The van der Waals surface area contributed by atoms with Gasteiger partial charge < -0.3 is 15.4 Å². The van der Waals surface area contributed by atoms with Gasteiger partial charge in [-0.3, -0.25) is 0 Å². The fraction of sp³-hybridized carbons (Fsp3) is 0.462. The van der Waals surface area contributed by atoms with Crippen molar-refractivity contribution in [3.63, 3.8) is 0 Å². The van der Waals surface area contributed by atoms with Gasteiger partial charge >= 0.3 is 6.03 Å². The summed E-state index contributed by atoms with van der Waals surface area (Å²) < 4.78 is 5.44. The molecule has 1 aromatic rings. The van der Waals surface area contributed by atoms with E-state index in [9.17, 15) is 4.79 Å². The Morgan fingerprint density at radius 2 is 1.89 bits per heavy atom. The number of nitrogens with one attached hydrogen (secondary N) is 2. The van der Waals surface area contributed by atoms with E-state index >= 15 is 0 Å². The molecule has 0 saturated heterocycles. The van der Waals surface area contributed by atoms with Crippen LogP contribution in [0.25, 0.3) is 0 Å². The van der Waals surface area contributed by atoms with Crippen molar-refractivity contribution in [2.24, 2.45) is 0 Å². The van der Waals surface area contributed by atoms with Crippen molar-refractivity contribution < 1.29 is 9.53 Å². The van der Waals surface area contributed by atoms with Crippen LogP contribution in [-0.4, -0.2) is 25.2 Å². The standard InChI is InChI=1S/C13H18Cl2N2O2/c1-9-6-11(7-10(2)12(9)15)19-8-17-13(18)16-5-3-4-14/h6-7H,3-5,8H2,1-2H3,(H2,16,17,18). The molecule has 2 N–H and O–H groups in total. The summed E-state index contributed by atoms with van der Waals surface area (Å²) in [5.74, 6) is 1.21. The van der Waals surface area contributed by atoms with Gasteiger partial charge in [-0.05, 0) is 43.5 Å². The molecule has 0 saturated carbocycles. The average Bonchev–Trinajstić information content (AvgIpc) is 2.36. The van der Waals surface area contributed by atoms with Crippen LogP contribution >= 0.6 is 23.2 Å². The number of urea groups is 1. The maximum absolute atomic E-state index is 11.3. The van der Waals surface area contributed by atoms with Gasteiger partial charge in [0.25, 0.3) is 0 Å². The second-order valence-corrected chi connectivity index (χ2v) is 4.89. The molecule has 0 radical (unpaired) electrons. The summed E-state index contributed by atoms with van der Waals surface area (Å²) >= 11 is 11.6. The SMILES string of the molecule is Cc1cc(OCNC(=O)NCCCCl)cc(C)c1Cl. The number of rotatable bonds is 6. The lowest BCUT2D eigenvalue weighted by Gasteiger charge is -2.11. The fourth-order valence-electron chi connectivity index (χ4n) is 1.51. The van der Waals surface area contributed by atoms with E-state index in [4.69, 9.17) is 27.9 Å². The Labute approximate surface area is 123 Å². The van der Waals surface area contributed by atoms with E-state index in [1.807, 2.05) is 26.0 Å². The molecule has 0 atom stereocenters. The first-order valence-corrected chi connectivity index (χ1v) is 6.93. The van der Waals surface area contributed by atoms with Crippen LogP contribution < -0.4 is 15.4 Å². The highest BCUT2D eigenvalue weighted by Gasteiger charge is 2.04. The van der Waals surface area contributed by atoms with Crippen molar-refractivity contribution in [2.75, 3.05) is 19.2 Å². The van der Waals surface area contributed by atoms with Gasteiger partial charge in [0.2, 0.25) is 0 Å². The third-order valence-electron chi connectivity index (χ3n) is 2.48. The van der Waals surface area contributed by atoms with Crippen LogP contribution in [0, 0.1) is 13.8 Å². The first-order chi connectivity index (χ1) is 9.04. The Balaban J connectivity index is 2.35. The predicted molar refractivity (Wildman–Crippen MR) is 78.3 cm³/mol. The summed E-state index contributed by atoms with van der Waals surface area (Å²) in [5.41, 5.74) is 1.89. The van der Waals surface area contributed by atoms with Crippen molar-refractivity contribution >= 4 is 29.2 Å². The molecule has 6 heteroatoms. The molecule has 0 aliphatic heterocycles. The van der Waals surface area contributed by atoms with Gasteiger partial charge in [-0.15, -0.1) is 11.6 Å². The quantitative estimate of drug-likeness (QED) is 0.482. The lowest BCUT2D eigenvalue weighted by atomic mass is 10.1. The molecule has 0 bridgehead atoms. The molecular weight excluding hydrogens is 287 g/mol. The second-order valence-electron chi connectivity index (χ2n) is 4.13. The summed E-state index contributed by atoms with van der Waals surface area (Å²) in [6.07, 6.45) is 0.741. The maximum atomic E-state index is 11.3. The van der Waals surface area contributed by atoms with Crippen LogP contribution in [0.1, 0.15) is 17.5 Å². The third kappa shape index (κ3) is 5.57. The fourth-order valence-corrected chi connectivity index (χ4v) is 1.75. The number of amides is 2. The molecule has 2 amide bonds. The van der Waals surface area contributed by atoms with Crippen molar-refractivity contribution in [1.29, 1.82) is 0 Å². The molecule has 0 fully saturated rings. The number of carbonyl (C=O) groups is 1. The largest absolute Gasteiger partial charge is 0.473 e. The zero-order valence-electron chi connectivity index (χ0n) is 11.1. The van der Waals surface area contributed by atoms with Crippen LogP contribution in [0.3, 0.4) is 0 Å². The predicted octanol–water partition coefficient (Wildman–Crippen LogP) is 3.22. The number of alkyl halides is 1. The zero-order chi connectivity index (χ0) is 14.3. The van der Waals surface area contributed by atoms with Crippen molar-refractivity contribution in [2.45, 2.75) is 20.3 Å². The van der Waals surface area contributed by atoms with E-state index in [1.54, 1.807) is 0 Å². The topological polar surface area (TPSA) is 50.4 Å². The first-order valence-electron chi connectivity index (χ1n) is 6.01. The number of hydrogen-bond acceptors (Lipinski definition) is 2. The van der Waals surface area contributed by atoms with Crippen molar-refractivity contribution in [1.82, 2.24) is 10.6 Å². The smallest absolute Gasteiger partial charge is 0.317 e. The summed E-state index contributed by atoms with van der Waals surface area (Å²) in [4.78, 5) is 11.3. The monoisotopic (exact) mass is 304 g/mol. The lowest BCUT2D eigenvalue weighted by Crippen LogP contribution is -2.38. The van der Waals surface area contributed by atoms with Gasteiger partial charge in [0.05, 0.1) is 0 Å².